The average molecular weight is 631 g/mol. The number of carbonyl (C=O) groups is 4. The SMILES string of the molecule is CCOC(=O)CN1C(=O)S/C(=C/c2cc(I)c(OCC(=O)OC)c(I)c2)C1=O. The number of nitrogens with zero attached hydrogens (tertiary/aromatic N) is 1. The third-order valence-corrected chi connectivity index (χ3v) is 5.86. The molecular formula is C17H15I2NO7S. The van der Waals surface area contributed by atoms with Crippen LogP contribution < -0.4 is 4.74 Å². The van der Waals surface area contributed by atoms with E-state index in [4.69, 9.17) is 9.47 Å². The number of carbonyl (C=O) groups excluding carboxylic acids is 4. The van der Waals surface area contributed by atoms with Crippen molar-refractivity contribution in [2.75, 3.05) is 26.9 Å². The van der Waals surface area contributed by atoms with E-state index in [2.05, 4.69) is 49.9 Å². The van der Waals surface area contributed by atoms with Gasteiger partial charge in [0.05, 0.1) is 25.8 Å². The van der Waals surface area contributed by atoms with Gasteiger partial charge in [0.1, 0.15) is 12.3 Å². The predicted molar refractivity (Wildman–Crippen MR) is 119 cm³/mol. The van der Waals surface area contributed by atoms with Crippen molar-refractivity contribution in [1.82, 2.24) is 4.90 Å². The Morgan fingerprint density at radius 2 is 1.82 bits per heavy atom. The molecule has 2 rings (SSSR count). The molecule has 1 aliphatic heterocycles. The molecule has 1 aliphatic rings. The monoisotopic (exact) mass is 631 g/mol. The minimum Gasteiger partial charge on any atom is -0.480 e. The van der Waals surface area contributed by atoms with Gasteiger partial charge in [-0.15, -0.1) is 0 Å². The number of thioether (sulfide) groups is 1. The molecule has 0 N–H and O–H groups in total. The fourth-order valence-corrected chi connectivity index (χ4v) is 5.08. The van der Waals surface area contributed by atoms with Crippen molar-refractivity contribution >= 4 is 86.1 Å². The number of amides is 2. The fraction of sp³-hybridized carbons (Fsp3) is 0.294. The highest BCUT2D eigenvalue weighted by atomic mass is 127. The summed E-state index contributed by atoms with van der Waals surface area (Å²) in [7, 11) is 1.28. The fourth-order valence-electron chi connectivity index (χ4n) is 2.11. The largest absolute Gasteiger partial charge is 0.480 e. The molecule has 0 aromatic heterocycles. The van der Waals surface area contributed by atoms with Crippen LogP contribution in [0.25, 0.3) is 6.08 Å². The van der Waals surface area contributed by atoms with Crippen LogP contribution in [0, 0.1) is 7.14 Å². The highest BCUT2D eigenvalue weighted by Gasteiger charge is 2.36. The number of benzene rings is 1. The van der Waals surface area contributed by atoms with E-state index in [-0.39, 0.29) is 18.1 Å². The van der Waals surface area contributed by atoms with E-state index in [1.807, 2.05) is 0 Å². The molecule has 11 heteroatoms. The number of methoxy groups -OCH3 is 1. The number of imide groups is 1. The quantitative estimate of drug-likeness (QED) is 0.258. The molecule has 0 saturated carbocycles. The van der Waals surface area contributed by atoms with Crippen molar-refractivity contribution in [3.05, 3.63) is 29.7 Å². The molecule has 1 aromatic rings. The van der Waals surface area contributed by atoms with Crippen molar-refractivity contribution in [1.29, 1.82) is 0 Å². The predicted octanol–water partition coefficient (Wildman–Crippen LogP) is 3.05. The molecule has 0 aliphatic carbocycles. The minimum atomic E-state index is -0.637. The van der Waals surface area contributed by atoms with Crippen LogP contribution in [0.1, 0.15) is 12.5 Å². The average Bonchev–Trinajstić information content (AvgIpc) is 2.88. The molecule has 150 valence electrons. The Bertz CT molecular complexity index is 833. The van der Waals surface area contributed by atoms with Crippen LogP contribution in [-0.4, -0.2) is 54.9 Å². The Morgan fingerprint density at radius 1 is 1.18 bits per heavy atom. The van der Waals surface area contributed by atoms with Crippen LogP contribution in [0.3, 0.4) is 0 Å². The van der Waals surface area contributed by atoms with Gasteiger partial charge in [0, 0.05) is 0 Å². The van der Waals surface area contributed by atoms with E-state index in [9.17, 15) is 19.2 Å². The zero-order valence-electron chi connectivity index (χ0n) is 14.8. The number of rotatable bonds is 7. The lowest BCUT2D eigenvalue weighted by Gasteiger charge is -2.11. The van der Waals surface area contributed by atoms with E-state index < -0.39 is 29.6 Å². The topological polar surface area (TPSA) is 99.2 Å². The van der Waals surface area contributed by atoms with Gasteiger partial charge in [0.2, 0.25) is 0 Å². The van der Waals surface area contributed by atoms with Crippen molar-refractivity contribution in [2.45, 2.75) is 6.92 Å². The van der Waals surface area contributed by atoms with Crippen LogP contribution in [0.5, 0.6) is 5.75 Å². The smallest absolute Gasteiger partial charge is 0.343 e. The lowest BCUT2D eigenvalue weighted by molar-refractivity contribution is -0.146. The van der Waals surface area contributed by atoms with Crippen LogP contribution >= 0.6 is 56.9 Å². The van der Waals surface area contributed by atoms with Crippen LogP contribution in [0.4, 0.5) is 4.79 Å². The second kappa shape index (κ2) is 10.4. The van der Waals surface area contributed by atoms with E-state index in [1.54, 1.807) is 25.1 Å². The van der Waals surface area contributed by atoms with Crippen molar-refractivity contribution in [3.63, 3.8) is 0 Å². The van der Waals surface area contributed by atoms with Gasteiger partial charge >= 0.3 is 11.9 Å². The zero-order chi connectivity index (χ0) is 20.8. The summed E-state index contributed by atoms with van der Waals surface area (Å²) in [5.41, 5.74) is 0.681. The van der Waals surface area contributed by atoms with E-state index in [0.717, 1.165) is 23.8 Å². The summed E-state index contributed by atoms with van der Waals surface area (Å²) >= 11 is 4.87. The van der Waals surface area contributed by atoms with Gasteiger partial charge < -0.3 is 14.2 Å². The second-order valence-electron chi connectivity index (χ2n) is 5.25. The van der Waals surface area contributed by atoms with Crippen LogP contribution in [0.2, 0.25) is 0 Å². The molecule has 0 spiro atoms. The number of hydrogen-bond donors (Lipinski definition) is 0. The highest BCUT2D eigenvalue weighted by Crippen LogP contribution is 2.34. The van der Waals surface area contributed by atoms with Crippen molar-refractivity contribution < 1.29 is 33.4 Å². The van der Waals surface area contributed by atoms with E-state index in [1.165, 1.54) is 7.11 Å². The molecule has 0 atom stereocenters. The molecule has 0 unspecified atom stereocenters. The number of esters is 2. The third-order valence-electron chi connectivity index (χ3n) is 3.35. The number of ether oxygens (including phenoxy) is 3. The Morgan fingerprint density at radius 3 is 2.39 bits per heavy atom. The van der Waals surface area contributed by atoms with E-state index >= 15 is 0 Å². The van der Waals surface area contributed by atoms with Gasteiger partial charge in [-0.05, 0) is 87.6 Å². The summed E-state index contributed by atoms with van der Waals surface area (Å²) in [4.78, 5) is 48.4. The van der Waals surface area contributed by atoms with Crippen LogP contribution in [0.15, 0.2) is 17.0 Å². The van der Waals surface area contributed by atoms with Gasteiger partial charge in [-0.25, -0.2) is 4.79 Å². The molecule has 8 nitrogen and oxygen atoms in total. The molecule has 1 fully saturated rings. The lowest BCUT2D eigenvalue weighted by atomic mass is 10.2. The first-order chi connectivity index (χ1) is 13.3. The van der Waals surface area contributed by atoms with Gasteiger partial charge in [0.15, 0.2) is 6.61 Å². The van der Waals surface area contributed by atoms with Gasteiger partial charge in [0.25, 0.3) is 11.1 Å². The second-order valence-corrected chi connectivity index (χ2v) is 8.57. The number of hydrogen-bond acceptors (Lipinski definition) is 8. The maximum Gasteiger partial charge on any atom is 0.343 e. The van der Waals surface area contributed by atoms with E-state index in [0.29, 0.717) is 11.3 Å². The number of halogens is 2. The Hall–Kier alpha value is -1.35. The molecule has 1 saturated heterocycles. The minimum absolute atomic E-state index is 0.173. The summed E-state index contributed by atoms with van der Waals surface area (Å²) < 4.78 is 16.3. The normalized spacial score (nSPS) is 15.1. The molecule has 2 amide bonds. The summed E-state index contributed by atoms with van der Waals surface area (Å²) in [5.74, 6) is -1.15. The molecule has 1 heterocycles. The van der Waals surface area contributed by atoms with Crippen LogP contribution in [-0.2, 0) is 23.9 Å². The van der Waals surface area contributed by atoms with Gasteiger partial charge in [-0.3, -0.25) is 19.3 Å². The van der Waals surface area contributed by atoms with Crippen molar-refractivity contribution in [2.24, 2.45) is 0 Å². The van der Waals surface area contributed by atoms with Gasteiger partial charge in [-0.1, -0.05) is 0 Å². The maximum atomic E-state index is 12.4. The maximum absolute atomic E-state index is 12.4. The highest BCUT2D eigenvalue weighted by molar-refractivity contribution is 14.1. The molecule has 0 radical (unpaired) electrons. The first-order valence-electron chi connectivity index (χ1n) is 7.86. The summed E-state index contributed by atoms with van der Waals surface area (Å²) in [5, 5.41) is -0.522. The van der Waals surface area contributed by atoms with Gasteiger partial charge in [-0.2, -0.15) is 0 Å². The summed E-state index contributed by atoms with van der Waals surface area (Å²) in [6, 6.07) is 3.52. The molecule has 1 aromatic carbocycles. The molecular weight excluding hydrogens is 616 g/mol. The third kappa shape index (κ3) is 5.83. The standard InChI is InChI=1S/C17H15I2NO7S/c1-3-26-13(21)7-20-16(23)12(28-17(20)24)6-9-4-10(18)15(11(19)5-9)27-8-14(22)25-2/h4-6H,3,7-8H2,1-2H3/b12-6+. The first kappa shape index (κ1) is 22.9. The molecule has 28 heavy (non-hydrogen) atoms. The Labute approximate surface area is 192 Å². The summed E-state index contributed by atoms with van der Waals surface area (Å²) in [6.07, 6.45) is 1.57. The summed E-state index contributed by atoms with van der Waals surface area (Å²) in [6.45, 7) is 1.19. The Balaban J connectivity index is 2.19. The Kier molecular flexibility index (Phi) is 8.55. The zero-order valence-corrected chi connectivity index (χ0v) is 20.0. The van der Waals surface area contributed by atoms with Crippen molar-refractivity contribution in [3.8, 4) is 5.75 Å². The first-order valence-corrected chi connectivity index (χ1v) is 10.8. The molecule has 0 bridgehead atoms. The lowest BCUT2D eigenvalue weighted by Crippen LogP contribution is -2.34.